The molecule has 0 aliphatic rings. The van der Waals surface area contributed by atoms with E-state index >= 15 is 0 Å². The molecule has 0 aliphatic heterocycles. The molecule has 2 aromatic carbocycles. The second-order valence-electron chi connectivity index (χ2n) is 6.37. The lowest BCUT2D eigenvalue weighted by Crippen LogP contribution is -2.20. The Kier molecular flexibility index (Phi) is 4.85. The fraction of sp³-hybridized carbons (Fsp3) is 0.250. The van der Waals surface area contributed by atoms with Gasteiger partial charge in [0, 0.05) is 12.8 Å². The molecule has 0 saturated carbocycles. The van der Waals surface area contributed by atoms with Gasteiger partial charge in [0.1, 0.15) is 5.75 Å². The van der Waals surface area contributed by atoms with Crippen LogP contribution in [0, 0.1) is 6.92 Å². The van der Waals surface area contributed by atoms with Crippen molar-refractivity contribution in [3.8, 4) is 5.75 Å². The highest BCUT2D eigenvalue weighted by molar-refractivity contribution is 7.99. The Bertz CT molecular complexity index is 1170. The second kappa shape index (κ2) is 7.44. The Morgan fingerprint density at radius 2 is 1.96 bits per heavy atom. The molecule has 7 heteroatoms. The van der Waals surface area contributed by atoms with Crippen LogP contribution in [-0.4, -0.2) is 31.5 Å². The van der Waals surface area contributed by atoms with E-state index in [0.717, 1.165) is 28.6 Å². The molecule has 4 rings (SSSR count). The number of nitrogens with zero attached hydrogens (tertiary/aromatic N) is 4. The number of fused-ring (bicyclic) bond motifs is 3. The molecule has 0 spiro atoms. The molecule has 0 fully saturated rings. The summed E-state index contributed by atoms with van der Waals surface area (Å²) in [5.41, 5.74) is 1.96. The van der Waals surface area contributed by atoms with Gasteiger partial charge in [0.15, 0.2) is 5.16 Å². The zero-order valence-corrected chi connectivity index (χ0v) is 16.1. The Morgan fingerprint density at radius 1 is 1.11 bits per heavy atom. The minimum Gasteiger partial charge on any atom is -0.494 e. The highest BCUT2D eigenvalue weighted by Crippen LogP contribution is 2.22. The van der Waals surface area contributed by atoms with Crippen molar-refractivity contribution in [2.24, 2.45) is 7.05 Å². The van der Waals surface area contributed by atoms with Crippen molar-refractivity contribution in [1.82, 2.24) is 19.2 Å². The molecule has 6 nitrogen and oxygen atoms in total. The van der Waals surface area contributed by atoms with Crippen LogP contribution in [0.2, 0.25) is 0 Å². The van der Waals surface area contributed by atoms with E-state index in [1.807, 2.05) is 46.9 Å². The Morgan fingerprint density at radius 3 is 2.81 bits per heavy atom. The summed E-state index contributed by atoms with van der Waals surface area (Å²) >= 11 is 1.62. The number of thioether (sulfide) groups is 1. The summed E-state index contributed by atoms with van der Waals surface area (Å²) in [5.74, 6) is 2.30. The Hall–Kier alpha value is -2.80. The van der Waals surface area contributed by atoms with Crippen molar-refractivity contribution >= 4 is 28.4 Å². The molecule has 27 heavy (non-hydrogen) atoms. The van der Waals surface area contributed by atoms with Crippen LogP contribution in [0.15, 0.2) is 58.5 Å². The summed E-state index contributed by atoms with van der Waals surface area (Å²) in [5, 5.41) is 9.95. The molecule has 2 heterocycles. The minimum absolute atomic E-state index is 0.0615. The summed E-state index contributed by atoms with van der Waals surface area (Å²) in [7, 11) is 1.73. The average Bonchev–Trinajstić information content (AvgIpc) is 3.10. The Labute approximate surface area is 160 Å². The number of para-hydroxylation sites is 1. The number of benzene rings is 2. The first-order valence-corrected chi connectivity index (χ1v) is 9.79. The van der Waals surface area contributed by atoms with E-state index in [1.165, 1.54) is 5.56 Å². The van der Waals surface area contributed by atoms with Gasteiger partial charge in [-0.15, -0.1) is 10.2 Å². The number of hydrogen-bond acceptors (Lipinski definition) is 5. The van der Waals surface area contributed by atoms with Gasteiger partial charge in [-0.2, -0.15) is 0 Å². The summed E-state index contributed by atoms with van der Waals surface area (Å²) in [4.78, 5) is 12.5. The lowest BCUT2D eigenvalue weighted by Gasteiger charge is -2.08. The third kappa shape index (κ3) is 3.42. The normalized spacial score (nSPS) is 11.3. The van der Waals surface area contributed by atoms with Crippen LogP contribution in [-0.2, 0) is 7.05 Å². The molecule has 0 radical (unpaired) electrons. The summed E-state index contributed by atoms with van der Waals surface area (Å²) in [6.07, 6.45) is 0.886. The maximum Gasteiger partial charge on any atom is 0.262 e. The van der Waals surface area contributed by atoms with Gasteiger partial charge in [-0.25, -0.2) is 0 Å². The van der Waals surface area contributed by atoms with Crippen molar-refractivity contribution in [3.05, 3.63) is 64.4 Å². The maximum absolute atomic E-state index is 12.5. The molecular formula is C20H20N4O2S. The fourth-order valence-corrected chi connectivity index (χ4v) is 3.87. The van der Waals surface area contributed by atoms with Gasteiger partial charge in [-0.3, -0.25) is 13.8 Å². The van der Waals surface area contributed by atoms with E-state index in [-0.39, 0.29) is 5.56 Å². The largest absolute Gasteiger partial charge is 0.494 e. The van der Waals surface area contributed by atoms with Gasteiger partial charge in [0.25, 0.3) is 5.56 Å². The number of hydrogen-bond donors (Lipinski definition) is 0. The van der Waals surface area contributed by atoms with E-state index in [2.05, 4.69) is 23.2 Å². The lowest BCUT2D eigenvalue weighted by molar-refractivity contribution is 0.318. The first kappa shape index (κ1) is 17.6. The van der Waals surface area contributed by atoms with E-state index in [1.54, 1.807) is 23.4 Å². The van der Waals surface area contributed by atoms with E-state index < -0.39 is 0 Å². The summed E-state index contributed by atoms with van der Waals surface area (Å²) in [6, 6.07) is 15.6. The first-order valence-electron chi connectivity index (χ1n) is 8.80. The molecule has 0 unspecified atom stereocenters. The number of aromatic nitrogens is 4. The first-order chi connectivity index (χ1) is 13.1. The third-order valence-electron chi connectivity index (χ3n) is 4.37. The van der Waals surface area contributed by atoms with Crippen LogP contribution >= 0.6 is 11.8 Å². The van der Waals surface area contributed by atoms with Gasteiger partial charge in [0.2, 0.25) is 5.78 Å². The van der Waals surface area contributed by atoms with E-state index in [0.29, 0.717) is 17.8 Å². The predicted octanol–water partition coefficient (Wildman–Crippen LogP) is 3.45. The zero-order chi connectivity index (χ0) is 18.8. The monoisotopic (exact) mass is 380 g/mol. The zero-order valence-electron chi connectivity index (χ0n) is 15.3. The predicted molar refractivity (Wildman–Crippen MR) is 108 cm³/mol. The second-order valence-corrected chi connectivity index (χ2v) is 7.43. The van der Waals surface area contributed by atoms with Crippen LogP contribution in [0.1, 0.15) is 12.0 Å². The molecule has 2 aromatic heterocycles. The van der Waals surface area contributed by atoms with Crippen molar-refractivity contribution in [1.29, 1.82) is 0 Å². The lowest BCUT2D eigenvalue weighted by atomic mass is 10.2. The molecule has 0 amide bonds. The maximum atomic E-state index is 12.5. The van der Waals surface area contributed by atoms with Crippen LogP contribution in [0.5, 0.6) is 5.75 Å². The van der Waals surface area contributed by atoms with Crippen LogP contribution in [0.3, 0.4) is 0 Å². The van der Waals surface area contributed by atoms with E-state index in [9.17, 15) is 4.79 Å². The van der Waals surface area contributed by atoms with Gasteiger partial charge >= 0.3 is 0 Å². The van der Waals surface area contributed by atoms with E-state index in [4.69, 9.17) is 4.74 Å². The summed E-state index contributed by atoms with van der Waals surface area (Å²) in [6.45, 7) is 2.70. The molecule has 0 atom stereocenters. The van der Waals surface area contributed by atoms with Crippen LogP contribution in [0.25, 0.3) is 16.7 Å². The SMILES string of the molecule is Cc1cccc(OCCCSc2nnc3n(C)c(=O)c4ccccc4n23)c1. The topological polar surface area (TPSA) is 61.4 Å². The average molecular weight is 380 g/mol. The fourth-order valence-electron chi connectivity index (χ4n) is 3.02. The van der Waals surface area contributed by atoms with Crippen LogP contribution in [0.4, 0.5) is 0 Å². The van der Waals surface area contributed by atoms with Gasteiger partial charge in [-0.05, 0) is 43.2 Å². The molecule has 0 bridgehead atoms. The van der Waals surface area contributed by atoms with Crippen LogP contribution < -0.4 is 10.3 Å². The molecule has 4 aromatic rings. The van der Waals surface area contributed by atoms with Crippen molar-refractivity contribution in [3.63, 3.8) is 0 Å². The number of rotatable bonds is 6. The van der Waals surface area contributed by atoms with Gasteiger partial charge < -0.3 is 4.74 Å². The smallest absolute Gasteiger partial charge is 0.262 e. The number of aryl methyl sites for hydroxylation is 2. The van der Waals surface area contributed by atoms with Crippen molar-refractivity contribution in [2.45, 2.75) is 18.5 Å². The number of ether oxygens (including phenoxy) is 1. The summed E-state index contributed by atoms with van der Waals surface area (Å²) < 4.78 is 9.29. The quantitative estimate of drug-likeness (QED) is 0.379. The molecule has 0 N–H and O–H groups in total. The third-order valence-corrected chi connectivity index (χ3v) is 5.39. The minimum atomic E-state index is -0.0615. The van der Waals surface area contributed by atoms with Gasteiger partial charge in [-0.1, -0.05) is 36.0 Å². The molecular weight excluding hydrogens is 360 g/mol. The standard InChI is InChI=1S/C20H20N4O2S/c1-14-7-5-8-15(13-14)26-11-6-12-27-20-22-21-19-23(2)18(25)16-9-3-4-10-17(16)24(19)20/h3-5,7-10,13H,6,11-12H2,1-2H3. The van der Waals surface area contributed by atoms with Crippen molar-refractivity contribution in [2.75, 3.05) is 12.4 Å². The van der Waals surface area contributed by atoms with Crippen molar-refractivity contribution < 1.29 is 4.74 Å². The highest BCUT2D eigenvalue weighted by Gasteiger charge is 2.14. The Balaban J connectivity index is 1.49. The molecule has 0 saturated heterocycles. The molecule has 138 valence electrons. The molecule has 0 aliphatic carbocycles. The van der Waals surface area contributed by atoms with Gasteiger partial charge in [0.05, 0.1) is 17.5 Å². The highest BCUT2D eigenvalue weighted by atomic mass is 32.2.